The number of aromatic amines is 1. The molecule has 2 aromatic heterocycles. The normalized spacial score (nSPS) is 11.6. The van der Waals surface area contributed by atoms with E-state index < -0.39 is 0 Å². The Morgan fingerprint density at radius 3 is 2.58 bits per heavy atom. The van der Waals surface area contributed by atoms with Crippen LogP contribution in [-0.4, -0.2) is 34.3 Å². The molecule has 0 aliphatic rings. The van der Waals surface area contributed by atoms with Crippen LogP contribution in [0, 0.1) is 0 Å². The maximum atomic E-state index is 5.98. The van der Waals surface area contributed by atoms with E-state index in [-0.39, 0.29) is 5.54 Å². The molecule has 0 atom stereocenters. The molecule has 2 aromatic rings. The summed E-state index contributed by atoms with van der Waals surface area (Å²) in [5, 5.41) is 8.50. The molecule has 0 amide bonds. The lowest BCUT2D eigenvalue weighted by Crippen LogP contribution is -2.36. The highest BCUT2D eigenvalue weighted by molar-refractivity contribution is 5.58. The largest absolute Gasteiger partial charge is 0.367 e. The van der Waals surface area contributed by atoms with Gasteiger partial charge in [0, 0.05) is 37.1 Å². The van der Waals surface area contributed by atoms with E-state index in [0.717, 1.165) is 30.0 Å². The van der Waals surface area contributed by atoms with Crippen molar-refractivity contribution in [2.45, 2.75) is 25.8 Å². The van der Waals surface area contributed by atoms with Crippen LogP contribution in [0.2, 0.25) is 0 Å². The van der Waals surface area contributed by atoms with E-state index in [1.807, 2.05) is 51.5 Å². The Hall–Kier alpha value is -1.88. The third-order valence-corrected chi connectivity index (χ3v) is 3.03. The molecular formula is C14H21N5. The predicted octanol–water partition coefficient (Wildman–Crippen LogP) is 2.04. The lowest BCUT2D eigenvalue weighted by atomic mass is 10.0. The van der Waals surface area contributed by atoms with Crippen molar-refractivity contribution in [3.05, 3.63) is 30.6 Å². The van der Waals surface area contributed by atoms with Gasteiger partial charge in [0.2, 0.25) is 0 Å². The van der Waals surface area contributed by atoms with E-state index in [4.69, 9.17) is 5.73 Å². The van der Waals surface area contributed by atoms with Gasteiger partial charge in [0.25, 0.3) is 0 Å². The first-order valence-corrected chi connectivity index (χ1v) is 6.43. The number of aromatic nitrogens is 3. The van der Waals surface area contributed by atoms with Gasteiger partial charge in [-0.05, 0) is 38.5 Å². The smallest absolute Gasteiger partial charge is 0.151 e. The number of hydrogen-bond donors (Lipinski definition) is 2. The highest BCUT2D eigenvalue weighted by atomic mass is 15.2. The van der Waals surface area contributed by atoms with Gasteiger partial charge in [-0.2, -0.15) is 0 Å². The second-order valence-corrected chi connectivity index (χ2v) is 5.54. The molecule has 2 rings (SSSR count). The summed E-state index contributed by atoms with van der Waals surface area (Å²) in [6.45, 7) is 4.92. The molecule has 0 aliphatic heterocycles. The first kappa shape index (κ1) is 13.5. The maximum absolute atomic E-state index is 5.98. The van der Waals surface area contributed by atoms with Gasteiger partial charge in [-0.1, -0.05) is 0 Å². The molecule has 102 valence electrons. The van der Waals surface area contributed by atoms with Gasteiger partial charge in [-0.25, -0.2) is 0 Å². The average Bonchev–Trinajstić information content (AvgIpc) is 2.89. The lowest BCUT2D eigenvalue weighted by Gasteiger charge is -2.24. The van der Waals surface area contributed by atoms with Crippen LogP contribution < -0.4 is 10.6 Å². The maximum Gasteiger partial charge on any atom is 0.151 e. The van der Waals surface area contributed by atoms with Gasteiger partial charge in [0.1, 0.15) is 0 Å². The zero-order valence-electron chi connectivity index (χ0n) is 11.7. The van der Waals surface area contributed by atoms with Crippen LogP contribution in [0.25, 0.3) is 11.3 Å². The summed E-state index contributed by atoms with van der Waals surface area (Å²) in [5.41, 5.74) is 7.74. The summed E-state index contributed by atoms with van der Waals surface area (Å²) in [7, 11) is 2.01. The first-order valence-electron chi connectivity index (χ1n) is 6.43. The standard InChI is InChI=1S/C14H21N5/c1-14(2,15)7-9-19(3)13-5-4-12(17-18-13)11-6-8-16-10-11/h4-6,8,10,16H,7,9,15H2,1-3H3. The van der Waals surface area contributed by atoms with Crippen molar-refractivity contribution in [1.29, 1.82) is 0 Å². The van der Waals surface area contributed by atoms with Crippen LogP contribution in [0.4, 0.5) is 5.82 Å². The summed E-state index contributed by atoms with van der Waals surface area (Å²) in [6.07, 6.45) is 4.69. The number of anilines is 1. The monoisotopic (exact) mass is 259 g/mol. The summed E-state index contributed by atoms with van der Waals surface area (Å²) in [6, 6.07) is 5.94. The van der Waals surface area contributed by atoms with E-state index in [2.05, 4.69) is 20.1 Å². The molecule has 19 heavy (non-hydrogen) atoms. The molecule has 3 N–H and O–H groups in total. The van der Waals surface area contributed by atoms with Gasteiger partial charge >= 0.3 is 0 Å². The number of nitrogens with zero attached hydrogens (tertiary/aromatic N) is 3. The molecule has 0 spiro atoms. The molecule has 0 fully saturated rings. The summed E-state index contributed by atoms with van der Waals surface area (Å²) in [4.78, 5) is 5.08. The minimum Gasteiger partial charge on any atom is -0.367 e. The number of nitrogens with one attached hydrogen (secondary N) is 1. The van der Waals surface area contributed by atoms with E-state index in [9.17, 15) is 0 Å². The minimum absolute atomic E-state index is 0.160. The van der Waals surface area contributed by atoms with Crippen LogP contribution in [-0.2, 0) is 0 Å². The van der Waals surface area contributed by atoms with Crippen molar-refractivity contribution >= 4 is 5.82 Å². The van der Waals surface area contributed by atoms with Crippen molar-refractivity contribution in [3.63, 3.8) is 0 Å². The number of hydrogen-bond acceptors (Lipinski definition) is 4. The number of rotatable bonds is 5. The van der Waals surface area contributed by atoms with E-state index >= 15 is 0 Å². The fraction of sp³-hybridized carbons (Fsp3) is 0.429. The van der Waals surface area contributed by atoms with Gasteiger partial charge in [-0.3, -0.25) is 0 Å². The highest BCUT2D eigenvalue weighted by Crippen LogP contribution is 2.17. The second-order valence-electron chi connectivity index (χ2n) is 5.54. The van der Waals surface area contributed by atoms with Crippen molar-refractivity contribution in [2.75, 3.05) is 18.5 Å². The zero-order chi connectivity index (χ0) is 13.9. The fourth-order valence-corrected chi connectivity index (χ4v) is 1.74. The Labute approximate surface area is 113 Å². The van der Waals surface area contributed by atoms with Crippen LogP contribution in [0.1, 0.15) is 20.3 Å². The summed E-state index contributed by atoms with van der Waals surface area (Å²) in [5.74, 6) is 0.864. The van der Waals surface area contributed by atoms with E-state index in [1.54, 1.807) is 0 Å². The lowest BCUT2D eigenvalue weighted by molar-refractivity contribution is 0.478. The molecule has 0 aromatic carbocycles. The van der Waals surface area contributed by atoms with Crippen molar-refractivity contribution < 1.29 is 0 Å². The van der Waals surface area contributed by atoms with Gasteiger partial charge in [-0.15, -0.1) is 10.2 Å². The van der Waals surface area contributed by atoms with Gasteiger partial charge in [0.15, 0.2) is 5.82 Å². The molecule has 0 bridgehead atoms. The van der Waals surface area contributed by atoms with Crippen molar-refractivity contribution in [3.8, 4) is 11.3 Å². The summed E-state index contributed by atoms with van der Waals surface area (Å²) >= 11 is 0. The minimum atomic E-state index is -0.160. The quantitative estimate of drug-likeness (QED) is 0.862. The topological polar surface area (TPSA) is 70.8 Å². The highest BCUT2D eigenvalue weighted by Gasteiger charge is 2.13. The zero-order valence-corrected chi connectivity index (χ0v) is 11.7. The van der Waals surface area contributed by atoms with Gasteiger partial charge < -0.3 is 15.6 Å². The number of H-pyrrole nitrogens is 1. The molecule has 0 radical (unpaired) electrons. The van der Waals surface area contributed by atoms with Crippen LogP contribution in [0.3, 0.4) is 0 Å². The summed E-state index contributed by atoms with van der Waals surface area (Å²) < 4.78 is 0. The van der Waals surface area contributed by atoms with Gasteiger partial charge in [0.05, 0.1) is 5.69 Å². The molecule has 5 nitrogen and oxygen atoms in total. The molecule has 0 unspecified atom stereocenters. The predicted molar refractivity (Wildman–Crippen MR) is 78.0 cm³/mol. The van der Waals surface area contributed by atoms with Crippen LogP contribution in [0.5, 0.6) is 0 Å². The fourth-order valence-electron chi connectivity index (χ4n) is 1.74. The third kappa shape index (κ3) is 3.79. The molecule has 2 heterocycles. The average molecular weight is 259 g/mol. The van der Waals surface area contributed by atoms with Crippen LogP contribution >= 0.6 is 0 Å². The molecular weight excluding hydrogens is 238 g/mol. The molecule has 0 saturated heterocycles. The Bertz CT molecular complexity index is 496. The third-order valence-electron chi connectivity index (χ3n) is 3.03. The Kier molecular flexibility index (Phi) is 3.85. The Morgan fingerprint density at radius 2 is 2.05 bits per heavy atom. The molecule has 5 heteroatoms. The van der Waals surface area contributed by atoms with E-state index in [1.165, 1.54) is 0 Å². The Balaban J connectivity index is 2.02. The SMILES string of the molecule is CN(CCC(C)(C)N)c1ccc(-c2cc[nH]c2)nn1. The number of nitrogens with two attached hydrogens (primary N) is 1. The van der Waals surface area contributed by atoms with Crippen molar-refractivity contribution in [2.24, 2.45) is 5.73 Å². The molecule has 0 saturated carbocycles. The van der Waals surface area contributed by atoms with Crippen LogP contribution in [0.15, 0.2) is 30.6 Å². The first-order chi connectivity index (χ1) is 8.96. The second kappa shape index (κ2) is 5.40. The Morgan fingerprint density at radius 1 is 1.26 bits per heavy atom. The molecule has 0 aliphatic carbocycles. The van der Waals surface area contributed by atoms with Crippen molar-refractivity contribution in [1.82, 2.24) is 15.2 Å². The van der Waals surface area contributed by atoms with E-state index in [0.29, 0.717) is 0 Å².